The van der Waals surface area contributed by atoms with Crippen LogP contribution in [0.3, 0.4) is 0 Å². The first-order chi connectivity index (χ1) is 6.99. The van der Waals surface area contributed by atoms with Crippen molar-refractivity contribution in [3.8, 4) is 0 Å². The highest BCUT2D eigenvalue weighted by molar-refractivity contribution is 4.95. The number of likely N-dealkylation sites (tertiary alicyclic amines) is 1. The molecule has 3 heteroatoms. The molecule has 0 aromatic heterocycles. The maximum atomic E-state index is 14.2. The Balaban J connectivity index is 2.72. The number of alkyl halides is 1. The monoisotopic (exact) mass is 217 g/mol. The lowest BCUT2D eigenvalue weighted by molar-refractivity contribution is 0.0668. The van der Waals surface area contributed by atoms with Gasteiger partial charge in [0.1, 0.15) is 6.17 Å². The summed E-state index contributed by atoms with van der Waals surface area (Å²) in [4.78, 5) is 2.23. The highest BCUT2D eigenvalue weighted by Crippen LogP contribution is 2.33. The molecule has 1 aliphatic heterocycles. The van der Waals surface area contributed by atoms with E-state index in [9.17, 15) is 4.39 Å². The zero-order valence-electron chi connectivity index (χ0n) is 10.5. The standard InChI is InChI=1S/C12H24FNO/c1-8(2)10-6-14(9(3)4)11(7-15-5)12(10)13/h8-12H,6-7H2,1-5H3. The van der Waals surface area contributed by atoms with Crippen molar-refractivity contribution in [1.29, 1.82) is 0 Å². The fraction of sp³-hybridized carbons (Fsp3) is 1.00. The fourth-order valence-electron chi connectivity index (χ4n) is 2.48. The summed E-state index contributed by atoms with van der Waals surface area (Å²) in [6.07, 6.45) is -0.743. The molecule has 3 atom stereocenters. The molecule has 1 rings (SSSR count). The predicted octanol–water partition coefficient (Wildman–Crippen LogP) is 2.34. The molecule has 0 amide bonds. The largest absolute Gasteiger partial charge is 0.383 e. The van der Waals surface area contributed by atoms with E-state index in [1.165, 1.54) is 0 Å². The van der Waals surface area contributed by atoms with Crippen LogP contribution in [-0.4, -0.2) is 43.4 Å². The summed E-state index contributed by atoms with van der Waals surface area (Å²) in [5.41, 5.74) is 0. The van der Waals surface area contributed by atoms with E-state index >= 15 is 0 Å². The van der Waals surface area contributed by atoms with Gasteiger partial charge >= 0.3 is 0 Å². The van der Waals surface area contributed by atoms with Gasteiger partial charge in [0.2, 0.25) is 0 Å². The normalized spacial score (nSPS) is 33.2. The van der Waals surface area contributed by atoms with Crippen LogP contribution in [0.5, 0.6) is 0 Å². The van der Waals surface area contributed by atoms with Crippen LogP contribution in [0.25, 0.3) is 0 Å². The van der Waals surface area contributed by atoms with Gasteiger partial charge < -0.3 is 4.74 Å². The molecule has 0 bridgehead atoms. The summed E-state index contributed by atoms with van der Waals surface area (Å²) in [6, 6.07) is 0.342. The lowest BCUT2D eigenvalue weighted by atomic mass is 9.92. The topological polar surface area (TPSA) is 12.5 Å². The van der Waals surface area contributed by atoms with E-state index in [2.05, 4.69) is 32.6 Å². The van der Waals surface area contributed by atoms with E-state index < -0.39 is 6.17 Å². The Morgan fingerprint density at radius 3 is 2.33 bits per heavy atom. The van der Waals surface area contributed by atoms with Crippen molar-refractivity contribution < 1.29 is 9.13 Å². The van der Waals surface area contributed by atoms with Crippen molar-refractivity contribution in [1.82, 2.24) is 4.90 Å². The van der Waals surface area contributed by atoms with Gasteiger partial charge in [0.05, 0.1) is 12.6 Å². The molecule has 0 radical (unpaired) electrons. The molecule has 90 valence electrons. The Hall–Kier alpha value is -0.150. The molecule has 0 aromatic rings. The van der Waals surface area contributed by atoms with Crippen molar-refractivity contribution >= 4 is 0 Å². The van der Waals surface area contributed by atoms with Crippen molar-refractivity contribution in [3.05, 3.63) is 0 Å². The Morgan fingerprint density at radius 2 is 1.93 bits per heavy atom. The first-order valence-corrected chi connectivity index (χ1v) is 5.87. The predicted molar refractivity (Wildman–Crippen MR) is 60.7 cm³/mol. The lowest BCUT2D eigenvalue weighted by Crippen LogP contribution is -2.41. The summed E-state index contributed by atoms with van der Waals surface area (Å²) in [7, 11) is 1.65. The number of rotatable bonds is 4. The summed E-state index contributed by atoms with van der Waals surface area (Å²) < 4.78 is 19.3. The number of ether oxygens (including phenoxy) is 1. The Morgan fingerprint density at radius 1 is 1.33 bits per heavy atom. The third kappa shape index (κ3) is 2.70. The van der Waals surface area contributed by atoms with E-state index in [-0.39, 0.29) is 12.0 Å². The quantitative estimate of drug-likeness (QED) is 0.716. The van der Waals surface area contributed by atoms with Crippen LogP contribution in [0.15, 0.2) is 0 Å². The molecule has 0 saturated carbocycles. The molecule has 0 N–H and O–H groups in total. The fourth-order valence-corrected chi connectivity index (χ4v) is 2.48. The second-order valence-corrected chi connectivity index (χ2v) is 5.17. The van der Waals surface area contributed by atoms with Crippen molar-refractivity contribution in [2.75, 3.05) is 20.3 Å². The smallest absolute Gasteiger partial charge is 0.122 e. The van der Waals surface area contributed by atoms with Gasteiger partial charge in [-0.25, -0.2) is 4.39 Å². The van der Waals surface area contributed by atoms with Crippen LogP contribution in [-0.2, 0) is 4.74 Å². The van der Waals surface area contributed by atoms with E-state index in [0.717, 1.165) is 6.54 Å². The van der Waals surface area contributed by atoms with Crippen LogP contribution < -0.4 is 0 Å². The van der Waals surface area contributed by atoms with E-state index in [1.54, 1.807) is 7.11 Å². The van der Waals surface area contributed by atoms with Crippen molar-refractivity contribution in [2.45, 2.75) is 46.0 Å². The minimum absolute atomic E-state index is 0.0533. The molecule has 15 heavy (non-hydrogen) atoms. The average molecular weight is 217 g/mol. The second kappa shape index (κ2) is 5.26. The molecule has 1 saturated heterocycles. The number of hydrogen-bond donors (Lipinski definition) is 0. The zero-order chi connectivity index (χ0) is 11.6. The Kier molecular flexibility index (Phi) is 4.53. The molecule has 1 fully saturated rings. The van der Waals surface area contributed by atoms with Gasteiger partial charge in [-0.15, -0.1) is 0 Å². The van der Waals surface area contributed by atoms with Crippen LogP contribution in [0, 0.1) is 11.8 Å². The maximum absolute atomic E-state index is 14.2. The van der Waals surface area contributed by atoms with Gasteiger partial charge in [-0.1, -0.05) is 13.8 Å². The van der Waals surface area contributed by atoms with Crippen LogP contribution in [0.4, 0.5) is 4.39 Å². The summed E-state index contributed by atoms with van der Waals surface area (Å²) in [5, 5.41) is 0. The van der Waals surface area contributed by atoms with E-state index in [4.69, 9.17) is 4.74 Å². The van der Waals surface area contributed by atoms with Crippen LogP contribution in [0.2, 0.25) is 0 Å². The number of nitrogens with zero attached hydrogens (tertiary/aromatic N) is 1. The zero-order valence-corrected chi connectivity index (χ0v) is 10.5. The highest BCUT2D eigenvalue weighted by atomic mass is 19.1. The van der Waals surface area contributed by atoms with Crippen molar-refractivity contribution in [2.24, 2.45) is 11.8 Å². The molecule has 3 unspecified atom stereocenters. The SMILES string of the molecule is COCC1C(F)C(C(C)C)CN1C(C)C. The second-order valence-electron chi connectivity index (χ2n) is 5.17. The lowest BCUT2D eigenvalue weighted by Gasteiger charge is -2.28. The number of halogens is 1. The van der Waals surface area contributed by atoms with Gasteiger partial charge in [0.15, 0.2) is 0 Å². The first kappa shape index (κ1) is 12.9. The average Bonchev–Trinajstić information content (AvgIpc) is 2.45. The van der Waals surface area contributed by atoms with Crippen molar-refractivity contribution in [3.63, 3.8) is 0 Å². The molecule has 1 heterocycles. The molecular formula is C12H24FNO. The molecule has 1 aliphatic rings. The summed E-state index contributed by atoms with van der Waals surface area (Å²) in [5.74, 6) is 0.565. The van der Waals surface area contributed by atoms with E-state index in [0.29, 0.717) is 18.6 Å². The summed E-state index contributed by atoms with van der Waals surface area (Å²) >= 11 is 0. The first-order valence-electron chi connectivity index (χ1n) is 5.87. The molecule has 2 nitrogen and oxygen atoms in total. The maximum Gasteiger partial charge on any atom is 0.122 e. The molecular weight excluding hydrogens is 193 g/mol. The molecule has 0 aromatic carbocycles. The van der Waals surface area contributed by atoms with Gasteiger partial charge in [-0.3, -0.25) is 4.90 Å². The van der Waals surface area contributed by atoms with Gasteiger partial charge in [0, 0.05) is 25.6 Å². The Bertz CT molecular complexity index is 196. The third-order valence-electron chi connectivity index (χ3n) is 3.48. The number of hydrogen-bond acceptors (Lipinski definition) is 2. The van der Waals surface area contributed by atoms with Gasteiger partial charge in [-0.2, -0.15) is 0 Å². The van der Waals surface area contributed by atoms with E-state index in [1.807, 2.05) is 0 Å². The molecule has 0 aliphatic carbocycles. The minimum atomic E-state index is -0.743. The highest BCUT2D eigenvalue weighted by Gasteiger charge is 2.43. The van der Waals surface area contributed by atoms with Gasteiger partial charge in [0.25, 0.3) is 0 Å². The van der Waals surface area contributed by atoms with Gasteiger partial charge in [-0.05, 0) is 19.8 Å². The Labute approximate surface area is 92.8 Å². The number of methoxy groups -OCH3 is 1. The molecule has 0 spiro atoms. The summed E-state index contributed by atoms with van der Waals surface area (Å²) in [6.45, 7) is 9.82. The third-order valence-corrected chi connectivity index (χ3v) is 3.48. The van der Waals surface area contributed by atoms with Crippen LogP contribution in [0.1, 0.15) is 27.7 Å². The minimum Gasteiger partial charge on any atom is -0.383 e. The van der Waals surface area contributed by atoms with Crippen LogP contribution >= 0.6 is 0 Å².